The molecule has 2 unspecified atom stereocenters. The summed E-state index contributed by atoms with van der Waals surface area (Å²) in [5.74, 6) is -0.316. The van der Waals surface area contributed by atoms with Crippen LogP contribution in [0, 0.1) is 0 Å². The van der Waals surface area contributed by atoms with Gasteiger partial charge in [-0.2, -0.15) is 0 Å². The topological polar surface area (TPSA) is 87.5 Å². The number of primary amides is 1. The van der Waals surface area contributed by atoms with Gasteiger partial charge in [-0.25, -0.2) is 4.79 Å². The molecule has 1 saturated heterocycles. The number of carbonyl (C=O) groups is 2. The molecule has 0 aromatic rings. The van der Waals surface area contributed by atoms with Crippen molar-refractivity contribution >= 4 is 11.9 Å². The van der Waals surface area contributed by atoms with Gasteiger partial charge < -0.3 is 11.1 Å². The quantitative estimate of drug-likeness (QED) is 0.676. The van der Waals surface area contributed by atoms with Crippen LogP contribution in [0.2, 0.25) is 0 Å². The second kappa shape index (κ2) is 7.45. The summed E-state index contributed by atoms with van der Waals surface area (Å²) < 4.78 is 0. The lowest BCUT2D eigenvalue weighted by molar-refractivity contribution is -0.126. The average Bonchev–Trinajstić information content (AvgIpc) is 2.35. The van der Waals surface area contributed by atoms with Crippen molar-refractivity contribution in [3.8, 4) is 0 Å². The van der Waals surface area contributed by atoms with E-state index in [0.717, 1.165) is 25.9 Å². The largest absolute Gasteiger partial charge is 0.351 e. The molecule has 0 saturated carbocycles. The summed E-state index contributed by atoms with van der Waals surface area (Å²) in [5, 5.41) is 5.58. The fourth-order valence-corrected chi connectivity index (χ4v) is 2.50. The van der Waals surface area contributed by atoms with E-state index >= 15 is 0 Å². The van der Waals surface area contributed by atoms with Crippen LogP contribution in [-0.4, -0.2) is 48.1 Å². The van der Waals surface area contributed by atoms with E-state index in [9.17, 15) is 9.59 Å². The third-order valence-corrected chi connectivity index (χ3v) is 3.56. The molecule has 1 aliphatic rings. The summed E-state index contributed by atoms with van der Waals surface area (Å²) in [6.07, 6.45) is 3.35. The number of urea groups is 1. The highest BCUT2D eigenvalue weighted by molar-refractivity contribution is 5.96. The molecule has 0 aliphatic carbocycles. The van der Waals surface area contributed by atoms with Crippen molar-refractivity contribution in [3.63, 3.8) is 0 Å². The minimum Gasteiger partial charge on any atom is -0.351 e. The fourth-order valence-electron chi connectivity index (χ4n) is 2.50. The highest BCUT2D eigenvalue weighted by atomic mass is 16.2. The van der Waals surface area contributed by atoms with Crippen LogP contribution in [0.5, 0.6) is 0 Å². The Balaban J connectivity index is 2.59. The van der Waals surface area contributed by atoms with Gasteiger partial charge in [0.05, 0.1) is 6.04 Å². The van der Waals surface area contributed by atoms with Gasteiger partial charge in [0.25, 0.3) is 0 Å². The Labute approximate surface area is 115 Å². The number of carbonyl (C=O) groups excluding carboxylic acids is 2. The van der Waals surface area contributed by atoms with E-state index in [-0.39, 0.29) is 11.9 Å². The van der Waals surface area contributed by atoms with Crippen molar-refractivity contribution in [2.45, 2.75) is 58.2 Å². The molecule has 3 amide bonds. The van der Waals surface area contributed by atoms with Crippen LogP contribution >= 0.6 is 0 Å². The van der Waals surface area contributed by atoms with Gasteiger partial charge in [0.1, 0.15) is 0 Å². The van der Waals surface area contributed by atoms with Crippen molar-refractivity contribution in [2.24, 2.45) is 5.73 Å². The number of piperidine rings is 1. The Kier molecular flexibility index (Phi) is 6.24. The fraction of sp³-hybridized carbons (Fsp3) is 0.846. The molecular weight excluding hydrogens is 244 g/mol. The van der Waals surface area contributed by atoms with E-state index < -0.39 is 6.03 Å². The number of amides is 3. The first-order chi connectivity index (χ1) is 8.91. The second-order valence-corrected chi connectivity index (χ2v) is 5.48. The van der Waals surface area contributed by atoms with Crippen molar-refractivity contribution in [2.75, 3.05) is 13.1 Å². The summed E-state index contributed by atoms with van der Waals surface area (Å²) >= 11 is 0. The van der Waals surface area contributed by atoms with Gasteiger partial charge in [0.15, 0.2) is 0 Å². The monoisotopic (exact) mass is 270 g/mol. The van der Waals surface area contributed by atoms with Crippen LogP contribution in [0.4, 0.5) is 4.79 Å². The molecule has 1 heterocycles. The molecule has 6 heteroatoms. The summed E-state index contributed by atoms with van der Waals surface area (Å²) in [6, 6.07) is -0.346. The highest BCUT2D eigenvalue weighted by Gasteiger charge is 2.30. The lowest BCUT2D eigenvalue weighted by atomic mass is 9.99. The molecule has 0 aromatic carbocycles. The zero-order chi connectivity index (χ0) is 14.4. The van der Waals surface area contributed by atoms with E-state index in [2.05, 4.69) is 29.4 Å². The number of nitrogens with one attached hydrogen (secondary N) is 2. The molecule has 6 nitrogen and oxygen atoms in total. The number of hydrogen-bond acceptors (Lipinski definition) is 4. The van der Waals surface area contributed by atoms with Crippen LogP contribution in [0.15, 0.2) is 0 Å². The van der Waals surface area contributed by atoms with Gasteiger partial charge in [0, 0.05) is 18.6 Å². The van der Waals surface area contributed by atoms with Crippen molar-refractivity contribution < 1.29 is 9.59 Å². The third-order valence-electron chi connectivity index (χ3n) is 3.56. The number of rotatable bonds is 5. The van der Waals surface area contributed by atoms with Crippen molar-refractivity contribution in [3.05, 3.63) is 0 Å². The predicted octanol–water partition coefficient (Wildman–Crippen LogP) is 0.422. The number of nitrogens with zero attached hydrogens (tertiary/aromatic N) is 1. The minimum atomic E-state index is -0.786. The molecular formula is C13H26N4O2. The Hall–Kier alpha value is -1.14. The van der Waals surface area contributed by atoms with Gasteiger partial charge >= 0.3 is 6.03 Å². The lowest BCUT2D eigenvalue weighted by Gasteiger charge is -2.39. The number of imide groups is 1. The molecule has 4 N–H and O–H groups in total. The van der Waals surface area contributed by atoms with E-state index in [1.807, 2.05) is 6.92 Å². The Morgan fingerprint density at radius 3 is 2.58 bits per heavy atom. The average molecular weight is 270 g/mol. The molecule has 19 heavy (non-hydrogen) atoms. The van der Waals surface area contributed by atoms with Gasteiger partial charge in [-0.15, -0.1) is 0 Å². The highest BCUT2D eigenvalue weighted by Crippen LogP contribution is 2.19. The Bertz CT molecular complexity index is 320. The van der Waals surface area contributed by atoms with Gasteiger partial charge in [-0.1, -0.05) is 20.3 Å². The Morgan fingerprint density at radius 1 is 1.32 bits per heavy atom. The Morgan fingerprint density at radius 2 is 2.00 bits per heavy atom. The maximum atomic E-state index is 11.9. The normalized spacial score (nSPS) is 22.2. The number of likely N-dealkylation sites (tertiary alicyclic amines) is 1. The summed E-state index contributed by atoms with van der Waals surface area (Å²) in [5.41, 5.74) is 4.99. The minimum absolute atomic E-state index is 0.316. The van der Waals surface area contributed by atoms with Crippen LogP contribution in [0.3, 0.4) is 0 Å². The maximum Gasteiger partial charge on any atom is 0.318 e. The zero-order valence-corrected chi connectivity index (χ0v) is 12.1. The van der Waals surface area contributed by atoms with Crippen LogP contribution in [-0.2, 0) is 4.79 Å². The standard InChI is InChI=1S/C13H26N4O2/c1-9(2)15-8-11-6-4-5-7-17(11)10(3)12(18)16-13(14)19/h9-11,15H,4-8H2,1-3H3,(H3,14,16,18,19). The van der Waals surface area contributed by atoms with Crippen LogP contribution in [0.25, 0.3) is 0 Å². The van der Waals surface area contributed by atoms with Crippen molar-refractivity contribution in [1.29, 1.82) is 0 Å². The second-order valence-electron chi connectivity index (χ2n) is 5.48. The predicted molar refractivity (Wildman–Crippen MR) is 74.7 cm³/mol. The smallest absolute Gasteiger partial charge is 0.318 e. The van der Waals surface area contributed by atoms with Gasteiger partial charge in [-0.05, 0) is 26.3 Å². The number of nitrogens with two attached hydrogens (primary N) is 1. The maximum absolute atomic E-state index is 11.9. The SMILES string of the molecule is CC(C)NCC1CCCCN1C(C)C(=O)NC(N)=O. The van der Waals surface area contributed by atoms with Gasteiger partial charge in [-0.3, -0.25) is 15.0 Å². The van der Waals surface area contributed by atoms with Gasteiger partial charge in [0.2, 0.25) is 5.91 Å². The first-order valence-electron chi connectivity index (χ1n) is 7.01. The first-order valence-corrected chi connectivity index (χ1v) is 7.01. The van der Waals surface area contributed by atoms with E-state index in [4.69, 9.17) is 5.73 Å². The summed E-state index contributed by atoms with van der Waals surface area (Å²) in [4.78, 5) is 24.8. The molecule has 1 rings (SSSR count). The zero-order valence-electron chi connectivity index (χ0n) is 12.1. The molecule has 1 fully saturated rings. The summed E-state index contributed by atoms with van der Waals surface area (Å²) in [7, 11) is 0. The van der Waals surface area contributed by atoms with E-state index in [1.54, 1.807) is 0 Å². The molecule has 0 spiro atoms. The lowest BCUT2D eigenvalue weighted by Crippen LogP contribution is -2.56. The summed E-state index contributed by atoms with van der Waals surface area (Å²) in [6.45, 7) is 7.79. The molecule has 1 aliphatic heterocycles. The molecule has 0 aromatic heterocycles. The van der Waals surface area contributed by atoms with Crippen LogP contribution < -0.4 is 16.4 Å². The van der Waals surface area contributed by atoms with E-state index in [1.165, 1.54) is 6.42 Å². The molecule has 2 atom stereocenters. The number of hydrogen-bond donors (Lipinski definition) is 3. The molecule has 0 bridgehead atoms. The van der Waals surface area contributed by atoms with Crippen LogP contribution in [0.1, 0.15) is 40.0 Å². The first kappa shape index (κ1) is 15.9. The third kappa shape index (κ3) is 5.16. The van der Waals surface area contributed by atoms with Crippen molar-refractivity contribution in [1.82, 2.24) is 15.5 Å². The van der Waals surface area contributed by atoms with E-state index in [0.29, 0.717) is 12.1 Å². The molecule has 0 radical (unpaired) electrons. The molecule has 110 valence electrons.